The molecule has 0 aromatic heterocycles. The summed E-state index contributed by atoms with van der Waals surface area (Å²) in [7, 11) is 0. The highest BCUT2D eigenvalue weighted by Gasteiger charge is 2.18. The van der Waals surface area contributed by atoms with Crippen LogP contribution in [0.5, 0.6) is 0 Å². The Labute approximate surface area is 495 Å². The van der Waals surface area contributed by atoms with Crippen LogP contribution in [-0.2, 0) is 14.3 Å². The number of ether oxygens (including phenoxy) is 1. The summed E-state index contributed by atoms with van der Waals surface area (Å²) < 4.78 is 5.51. The molecule has 0 aliphatic carbocycles. The summed E-state index contributed by atoms with van der Waals surface area (Å²) in [5.74, 6) is -0.0511. The normalized spacial score (nSPS) is 12.5. The third-order valence-corrected chi connectivity index (χ3v) is 17.3. The van der Waals surface area contributed by atoms with E-state index in [1.54, 1.807) is 6.08 Å². The summed E-state index contributed by atoms with van der Waals surface area (Å²) >= 11 is 0. The second-order valence-electron chi connectivity index (χ2n) is 25.3. The molecule has 0 saturated heterocycles. The van der Waals surface area contributed by atoms with Crippen molar-refractivity contribution in [3.05, 3.63) is 12.2 Å². The van der Waals surface area contributed by atoms with Gasteiger partial charge in [0.25, 0.3) is 0 Å². The van der Waals surface area contributed by atoms with Gasteiger partial charge in [0.05, 0.1) is 25.4 Å². The topological polar surface area (TPSA) is 95.9 Å². The molecule has 0 aromatic rings. The molecular formula is C73H143NO5. The van der Waals surface area contributed by atoms with E-state index in [9.17, 15) is 19.8 Å². The number of hydrogen-bond acceptors (Lipinski definition) is 5. The van der Waals surface area contributed by atoms with Crippen molar-refractivity contribution < 1.29 is 24.5 Å². The number of aliphatic hydroxyl groups is 2. The largest absolute Gasteiger partial charge is 0.466 e. The van der Waals surface area contributed by atoms with Gasteiger partial charge in [-0.2, -0.15) is 0 Å². The number of esters is 1. The smallest absolute Gasteiger partial charge is 0.305 e. The molecule has 0 spiro atoms. The third-order valence-electron chi connectivity index (χ3n) is 17.3. The molecule has 0 aliphatic heterocycles. The van der Waals surface area contributed by atoms with Crippen LogP contribution >= 0.6 is 0 Å². The van der Waals surface area contributed by atoms with E-state index < -0.39 is 12.1 Å². The molecule has 6 heteroatoms. The molecule has 0 heterocycles. The zero-order valence-electron chi connectivity index (χ0n) is 53.9. The molecule has 79 heavy (non-hydrogen) atoms. The van der Waals surface area contributed by atoms with Crippen molar-refractivity contribution in [2.24, 2.45) is 0 Å². The van der Waals surface area contributed by atoms with E-state index in [1.807, 2.05) is 6.08 Å². The molecule has 0 aliphatic rings. The minimum absolute atomic E-state index is 0.0142. The number of allylic oxidation sites excluding steroid dienone is 1. The van der Waals surface area contributed by atoms with Gasteiger partial charge in [-0.05, 0) is 32.1 Å². The van der Waals surface area contributed by atoms with Crippen LogP contribution in [0, 0.1) is 0 Å². The second-order valence-corrected chi connectivity index (χ2v) is 25.3. The lowest BCUT2D eigenvalue weighted by molar-refractivity contribution is -0.143. The van der Waals surface area contributed by atoms with Crippen molar-refractivity contribution in [3.8, 4) is 0 Å². The minimum Gasteiger partial charge on any atom is -0.466 e. The molecular weight excluding hydrogens is 971 g/mol. The maximum Gasteiger partial charge on any atom is 0.305 e. The first-order valence-corrected chi connectivity index (χ1v) is 36.5. The standard InChI is InChI=1S/C73H143NO5/c1-3-5-7-9-11-13-15-17-19-21-23-24-25-26-27-28-30-33-37-41-45-49-53-57-61-65-71(76)70(69-75)74-72(77)66-62-58-54-50-46-42-38-34-31-29-32-36-40-44-48-52-56-60-64-68-79-73(78)67-63-59-55-51-47-43-39-35-22-20-18-16-14-12-10-8-6-4-2/h61,65,70-71,75-76H,3-60,62-64,66-69H2,1-2H3,(H,74,77)/b65-61+. The van der Waals surface area contributed by atoms with Crippen LogP contribution in [0.3, 0.4) is 0 Å². The molecule has 470 valence electrons. The molecule has 0 radical (unpaired) electrons. The van der Waals surface area contributed by atoms with Gasteiger partial charge >= 0.3 is 5.97 Å². The highest BCUT2D eigenvalue weighted by molar-refractivity contribution is 5.76. The van der Waals surface area contributed by atoms with Gasteiger partial charge in [-0.1, -0.05) is 386 Å². The molecule has 0 fully saturated rings. The van der Waals surface area contributed by atoms with E-state index in [4.69, 9.17) is 4.74 Å². The van der Waals surface area contributed by atoms with Crippen LogP contribution in [0.1, 0.15) is 418 Å². The quantitative estimate of drug-likeness (QED) is 0.0320. The Hall–Kier alpha value is -1.40. The first-order chi connectivity index (χ1) is 39.0. The van der Waals surface area contributed by atoms with E-state index in [2.05, 4.69) is 19.2 Å². The van der Waals surface area contributed by atoms with Crippen LogP contribution in [0.2, 0.25) is 0 Å². The van der Waals surface area contributed by atoms with Gasteiger partial charge in [-0.25, -0.2) is 0 Å². The van der Waals surface area contributed by atoms with Crippen molar-refractivity contribution in [2.75, 3.05) is 13.2 Å². The van der Waals surface area contributed by atoms with E-state index in [1.165, 1.54) is 353 Å². The Bertz CT molecular complexity index is 1190. The summed E-state index contributed by atoms with van der Waals surface area (Å²) in [4.78, 5) is 24.7. The fourth-order valence-electron chi connectivity index (χ4n) is 11.8. The molecule has 3 N–H and O–H groups in total. The summed E-state index contributed by atoms with van der Waals surface area (Å²) in [6.07, 6.45) is 85.8. The van der Waals surface area contributed by atoms with Gasteiger partial charge in [0.1, 0.15) is 0 Å². The van der Waals surface area contributed by atoms with E-state index in [0.29, 0.717) is 19.4 Å². The molecule has 1 amide bonds. The number of aliphatic hydroxyl groups excluding tert-OH is 2. The Morgan fingerprint density at radius 1 is 0.342 bits per heavy atom. The Kier molecular flexibility index (Phi) is 67.9. The zero-order chi connectivity index (χ0) is 57.1. The van der Waals surface area contributed by atoms with Crippen LogP contribution < -0.4 is 5.32 Å². The number of amides is 1. The van der Waals surface area contributed by atoms with Gasteiger partial charge in [-0.3, -0.25) is 9.59 Å². The van der Waals surface area contributed by atoms with Gasteiger partial charge in [0, 0.05) is 12.8 Å². The van der Waals surface area contributed by atoms with Crippen molar-refractivity contribution in [1.82, 2.24) is 5.32 Å². The highest BCUT2D eigenvalue weighted by Crippen LogP contribution is 2.19. The molecule has 2 atom stereocenters. The Morgan fingerprint density at radius 3 is 0.861 bits per heavy atom. The molecule has 0 rings (SSSR count). The number of rotatable bonds is 69. The van der Waals surface area contributed by atoms with Gasteiger partial charge in [0.2, 0.25) is 5.91 Å². The molecule has 6 nitrogen and oxygen atoms in total. The average molecular weight is 1110 g/mol. The highest BCUT2D eigenvalue weighted by atomic mass is 16.5. The van der Waals surface area contributed by atoms with Crippen molar-refractivity contribution >= 4 is 11.9 Å². The number of carbonyl (C=O) groups is 2. The molecule has 2 unspecified atom stereocenters. The maximum absolute atomic E-state index is 12.5. The van der Waals surface area contributed by atoms with Crippen molar-refractivity contribution in [3.63, 3.8) is 0 Å². The number of nitrogens with one attached hydrogen (secondary N) is 1. The zero-order valence-corrected chi connectivity index (χ0v) is 53.9. The fraction of sp³-hybridized carbons (Fsp3) is 0.945. The van der Waals surface area contributed by atoms with Crippen molar-refractivity contribution in [1.29, 1.82) is 0 Å². The average Bonchev–Trinajstić information content (AvgIpc) is 3.45. The summed E-state index contributed by atoms with van der Waals surface area (Å²) in [5.41, 5.74) is 0. The number of unbranched alkanes of at least 4 members (excludes halogenated alkanes) is 58. The second kappa shape index (κ2) is 69.1. The SMILES string of the molecule is CCCCCCCCCCCCCCCCCCCCCCCCC/C=C/C(O)C(CO)NC(=O)CCCCCCCCCCCCCCCCCCCCCOC(=O)CCCCCCCCCCCCCCCCCCCC. The summed E-state index contributed by atoms with van der Waals surface area (Å²) in [5, 5.41) is 23.3. The lowest BCUT2D eigenvalue weighted by Crippen LogP contribution is -2.45. The first-order valence-electron chi connectivity index (χ1n) is 36.5. The number of hydrogen-bond donors (Lipinski definition) is 3. The molecule has 0 aromatic carbocycles. The maximum atomic E-state index is 12.5. The lowest BCUT2D eigenvalue weighted by atomic mass is 10.0. The predicted molar refractivity (Wildman–Crippen MR) is 347 cm³/mol. The van der Waals surface area contributed by atoms with E-state index in [-0.39, 0.29) is 18.5 Å². The number of carbonyl (C=O) groups excluding carboxylic acids is 2. The van der Waals surface area contributed by atoms with Crippen LogP contribution in [0.4, 0.5) is 0 Å². The summed E-state index contributed by atoms with van der Waals surface area (Å²) in [6, 6.07) is -0.631. The lowest BCUT2D eigenvalue weighted by Gasteiger charge is -2.20. The van der Waals surface area contributed by atoms with Crippen molar-refractivity contribution in [2.45, 2.75) is 431 Å². The van der Waals surface area contributed by atoms with Gasteiger partial charge in [0.15, 0.2) is 0 Å². The van der Waals surface area contributed by atoms with Crippen LogP contribution in [0.25, 0.3) is 0 Å². The van der Waals surface area contributed by atoms with Crippen LogP contribution in [-0.4, -0.2) is 47.4 Å². The Balaban J connectivity index is 3.40. The van der Waals surface area contributed by atoms with Gasteiger partial charge < -0.3 is 20.3 Å². The van der Waals surface area contributed by atoms with Gasteiger partial charge in [-0.15, -0.1) is 0 Å². The predicted octanol–water partition coefficient (Wildman–Crippen LogP) is 23.5. The Morgan fingerprint density at radius 2 is 0.582 bits per heavy atom. The van der Waals surface area contributed by atoms with E-state index in [0.717, 1.165) is 38.5 Å². The third kappa shape index (κ3) is 65.6. The first kappa shape index (κ1) is 77.6. The molecule has 0 bridgehead atoms. The fourth-order valence-corrected chi connectivity index (χ4v) is 11.8. The minimum atomic E-state index is -0.848. The summed E-state index contributed by atoms with van der Waals surface area (Å²) in [6.45, 7) is 4.95. The molecule has 0 saturated carbocycles. The van der Waals surface area contributed by atoms with E-state index >= 15 is 0 Å². The monoisotopic (exact) mass is 1110 g/mol. The van der Waals surface area contributed by atoms with Crippen LogP contribution in [0.15, 0.2) is 12.2 Å².